The molecule has 0 radical (unpaired) electrons. The fraction of sp³-hybridized carbons (Fsp3) is 0.235. The molecule has 0 atom stereocenters. The molecule has 0 saturated heterocycles. The van der Waals surface area contributed by atoms with Crippen molar-refractivity contribution >= 4 is 11.6 Å². The number of rotatable bonds is 6. The lowest BCUT2D eigenvalue weighted by molar-refractivity contribution is -0.118. The van der Waals surface area contributed by atoms with Crippen LogP contribution in [0.4, 0.5) is 5.69 Å². The van der Waals surface area contributed by atoms with E-state index in [9.17, 15) is 4.79 Å². The number of carbonyl (C=O) groups excluding carboxylic acids is 1. The maximum absolute atomic E-state index is 11.9. The van der Waals surface area contributed by atoms with E-state index in [0.29, 0.717) is 12.3 Å². The molecule has 0 fully saturated rings. The SMILES string of the molecule is Cc1ccccc1NC(=O)COc1cccc(CCN)c1. The van der Waals surface area contributed by atoms with E-state index in [1.165, 1.54) is 0 Å². The Morgan fingerprint density at radius 2 is 2.00 bits per heavy atom. The summed E-state index contributed by atoms with van der Waals surface area (Å²) < 4.78 is 5.51. The van der Waals surface area contributed by atoms with E-state index < -0.39 is 0 Å². The van der Waals surface area contributed by atoms with Gasteiger partial charge < -0.3 is 15.8 Å². The highest BCUT2D eigenvalue weighted by atomic mass is 16.5. The molecule has 0 heterocycles. The molecule has 0 aliphatic carbocycles. The van der Waals surface area contributed by atoms with Crippen molar-refractivity contribution in [2.24, 2.45) is 5.73 Å². The Kier molecular flexibility index (Phi) is 5.35. The normalized spacial score (nSPS) is 10.2. The van der Waals surface area contributed by atoms with Gasteiger partial charge in [-0.25, -0.2) is 0 Å². The summed E-state index contributed by atoms with van der Waals surface area (Å²) in [5.41, 5.74) is 8.47. The number of amides is 1. The zero-order valence-corrected chi connectivity index (χ0v) is 12.1. The lowest BCUT2D eigenvalue weighted by Crippen LogP contribution is -2.20. The van der Waals surface area contributed by atoms with Crippen molar-refractivity contribution in [3.63, 3.8) is 0 Å². The zero-order chi connectivity index (χ0) is 15.1. The molecule has 4 nitrogen and oxygen atoms in total. The van der Waals surface area contributed by atoms with Gasteiger partial charge in [0.15, 0.2) is 6.61 Å². The largest absolute Gasteiger partial charge is 0.484 e. The van der Waals surface area contributed by atoms with Gasteiger partial charge in [0.25, 0.3) is 5.91 Å². The summed E-state index contributed by atoms with van der Waals surface area (Å²) in [5.74, 6) is 0.509. The average molecular weight is 284 g/mol. The molecule has 0 aliphatic heterocycles. The number of hydrogen-bond donors (Lipinski definition) is 2. The highest BCUT2D eigenvalue weighted by Gasteiger charge is 2.05. The van der Waals surface area contributed by atoms with Crippen LogP contribution in [-0.2, 0) is 11.2 Å². The first-order valence-corrected chi connectivity index (χ1v) is 6.96. The van der Waals surface area contributed by atoms with Crippen LogP contribution in [0, 0.1) is 6.92 Å². The summed E-state index contributed by atoms with van der Waals surface area (Å²) in [7, 11) is 0. The second kappa shape index (κ2) is 7.45. The van der Waals surface area contributed by atoms with Crippen LogP contribution in [0.1, 0.15) is 11.1 Å². The predicted molar refractivity (Wildman–Crippen MR) is 84.5 cm³/mol. The fourth-order valence-corrected chi connectivity index (χ4v) is 2.01. The summed E-state index contributed by atoms with van der Waals surface area (Å²) in [6.07, 6.45) is 0.798. The van der Waals surface area contributed by atoms with Gasteiger partial charge in [-0.2, -0.15) is 0 Å². The van der Waals surface area contributed by atoms with Crippen LogP contribution >= 0.6 is 0 Å². The standard InChI is InChI=1S/C17H20N2O2/c1-13-5-2-3-8-16(13)19-17(20)12-21-15-7-4-6-14(11-15)9-10-18/h2-8,11H,9-10,12,18H2,1H3,(H,19,20). The molecule has 2 aromatic rings. The first-order valence-electron chi connectivity index (χ1n) is 6.96. The summed E-state index contributed by atoms with van der Waals surface area (Å²) >= 11 is 0. The van der Waals surface area contributed by atoms with Gasteiger partial charge in [0, 0.05) is 5.69 Å². The Morgan fingerprint density at radius 3 is 2.76 bits per heavy atom. The summed E-state index contributed by atoms with van der Waals surface area (Å²) in [4.78, 5) is 11.9. The van der Waals surface area contributed by atoms with Crippen molar-refractivity contribution in [2.75, 3.05) is 18.5 Å². The Bertz CT molecular complexity index is 611. The number of hydrogen-bond acceptors (Lipinski definition) is 3. The van der Waals surface area contributed by atoms with Gasteiger partial charge in [-0.15, -0.1) is 0 Å². The topological polar surface area (TPSA) is 64.3 Å². The Hall–Kier alpha value is -2.33. The molecule has 0 aromatic heterocycles. The summed E-state index contributed by atoms with van der Waals surface area (Å²) in [6.45, 7) is 2.53. The zero-order valence-electron chi connectivity index (χ0n) is 12.1. The second-order valence-electron chi connectivity index (χ2n) is 4.84. The molecular formula is C17H20N2O2. The van der Waals surface area contributed by atoms with E-state index in [4.69, 9.17) is 10.5 Å². The molecule has 4 heteroatoms. The van der Waals surface area contributed by atoms with E-state index >= 15 is 0 Å². The fourth-order valence-electron chi connectivity index (χ4n) is 2.01. The second-order valence-corrected chi connectivity index (χ2v) is 4.84. The third-order valence-electron chi connectivity index (χ3n) is 3.12. The molecule has 0 spiro atoms. The van der Waals surface area contributed by atoms with E-state index in [1.54, 1.807) is 0 Å². The highest BCUT2D eigenvalue weighted by molar-refractivity contribution is 5.92. The number of nitrogens with two attached hydrogens (primary N) is 1. The van der Waals surface area contributed by atoms with Gasteiger partial charge in [0.1, 0.15) is 5.75 Å². The van der Waals surface area contributed by atoms with Crippen molar-refractivity contribution in [3.8, 4) is 5.75 Å². The minimum atomic E-state index is -0.173. The predicted octanol–water partition coefficient (Wildman–Crippen LogP) is 2.51. The molecule has 2 rings (SSSR count). The maximum Gasteiger partial charge on any atom is 0.262 e. The van der Waals surface area contributed by atoms with Crippen LogP contribution in [0.3, 0.4) is 0 Å². The average Bonchev–Trinajstić information content (AvgIpc) is 2.48. The maximum atomic E-state index is 11.9. The van der Waals surface area contributed by atoms with Gasteiger partial charge in [-0.05, 0) is 49.2 Å². The van der Waals surface area contributed by atoms with Gasteiger partial charge in [0.2, 0.25) is 0 Å². The molecule has 3 N–H and O–H groups in total. The van der Waals surface area contributed by atoms with Crippen molar-refractivity contribution in [1.82, 2.24) is 0 Å². The third kappa shape index (κ3) is 4.61. The van der Waals surface area contributed by atoms with E-state index in [0.717, 1.165) is 23.2 Å². The number of benzene rings is 2. The number of anilines is 1. The van der Waals surface area contributed by atoms with Crippen LogP contribution < -0.4 is 15.8 Å². The molecule has 1 amide bonds. The van der Waals surface area contributed by atoms with Crippen LogP contribution in [0.5, 0.6) is 5.75 Å². The molecule has 0 unspecified atom stereocenters. The van der Waals surface area contributed by atoms with E-state index in [2.05, 4.69) is 5.32 Å². The Balaban J connectivity index is 1.89. The van der Waals surface area contributed by atoms with Gasteiger partial charge >= 0.3 is 0 Å². The number of nitrogens with one attached hydrogen (secondary N) is 1. The van der Waals surface area contributed by atoms with Crippen LogP contribution in [0.25, 0.3) is 0 Å². The molecule has 0 bridgehead atoms. The molecule has 110 valence electrons. The molecule has 0 aliphatic rings. The van der Waals surface area contributed by atoms with Crippen molar-refractivity contribution in [1.29, 1.82) is 0 Å². The molecule has 0 saturated carbocycles. The monoisotopic (exact) mass is 284 g/mol. The number of aryl methyl sites for hydroxylation is 1. The quantitative estimate of drug-likeness (QED) is 0.856. The molecule has 2 aromatic carbocycles. The van der Waals surface area contributed by atoms with Crippen molar-refractivity contribution in [3.05, 3.63) is 59.7 Å². The van der Waals surface area contributed by atoms with Gasteiger partial charge in [0.05, 0.1) is 0 Å². The minimum absolute atomic E-state index is 0.0135. The van der Waals surface area contributed by atoms with E-state index in [-0.39, 0.29) is 12.5 Å². The summed E-state index contributed by atoms with van der Waals surface area (Å²) in [5, 5.41) is 2.84. The minimum Gasteiger partial charge on any atom is -0.484 e. The van der Waals surface area contributed by atoms with Crippen molar-refractivity contribution in [2.45, 2.75) is 13.3 Å². The Labute approximate surface area is 124 Å². The highest BCUT2D eigenvalue weighted by Crippen LogP contribution is 2.15. The van der Waals surface area contributed by atoms with Gasteiger partial charge in [-0.3, -0.25) is 4.79 Å². The van der Waals surface area contributed by atoms with E-state index in [1.807, 2.05) is 55.5 Å². The van der Waals surface area contributed by atoms with Crippen molar-refractivity contribution < 1.29 is 9.53 Å². The van der Waals surface area contributed by atoms with Crippen LogP contribution in [-0.4, -0.2) is 19.1 Å². The number of ether oxygens (including phenoxy) is 1. The first kappa shape index (κ1) is 15.1. The lowest BCUT2D eigenvalue weighted by atomic mass is 10.1. The van der Waals surface area contributed by atoms with Gasteiger partial charge in [-0.1, -0.05) is 30.3 Å². The number of carbonyl (C=O) groups is 1. The van der Waals surface area contributed by atoms with Crippen LogP contribution in [0.15, 0.2) is 48.5 Å². The van der Waals surface area contributed by atoms with Crippen LogP contribution in [0.2, 0.25) is 0 Å². The lowest BCUT2D eigenvalue weighted by Gasteiger charge is -2.10. The third-order valence-corrected chi connectivity index (χ3v) is 3.12. The first-order chi connectivity index (χ1) is 10.2. The molecule has 21 heavy (non-hydrogen) atoms. The Morgan fingerprint density at radius 1 is 1.19 bits per heavy atom. The number of para-hydroxylation sites is 1. The summed E-state index contributed by atoms with van der Waals surface area (Å²) in [6, 6.07) is 15.3. The smallest absolute Gasteiger partial charge is 0.262 e. The molecular weight excluding hydrogens is 264 g/mol.